The summed E-state index contributed by atoms with van der Waals surface area (Å²) in [4.78, 5) is 14.2. The predicted molar refractivity (Wildman–Crippen MR) is 76.6 cm³/mol. The molecule has 3 N–H and O–H groups in total. The maximum atomic E-state index is 11.8. The van der Waals surface area contributed by atoms with Crippen LogP contribution in [0.25, 0.3) is 0 Å². The van der Waals surface area contributed by atoms with Crippen molar-refractivity contribution in [2.75, 3.05) is 12.0 Å². The SMILES string of the molecule is CSCC[C@H](N)C(=O)NC(C)c1ccc(C)s1. The molecule has 1 amide bonds. The Morgan fingerprint density at radius 2 is 2.29 bits per heavy atom. The van der Waals surface area contributed by atoms with Crippen LogP contribution in [0.15, 0.2) is 12.1 Å². The largest absolute Gasteiger partial charge is 0.347 e. The Bertz CT molecular complexity index is 365. The average Bonchev–Trinajstić information content (AvgIpc) is 2.72. The summed E-state index contributed by atoms with van der Waals surface area (Å²) in [5.74, 6) is 0.860. The molecule has 5 heteroatoms. The van der Waals surface area contributed by atoms with Crippen molar-refractivity contribution in [3.63, 3.8) is 0 Å². The highest BCUT2D eigenvalue weighted by atomic mass is 32.2. The zero-order valence-electron chi connectivity index (χ0n) is 10.5. The number of carbonyl (C=O) groups is 1. The summed E-state index contributed by atoms with van der Waals surface area (Å²) in [5.41, 5.74) is 5.81. The van der Waals surface area contributed by atoms with Gasteiger partial charge in [0.15, 0.2) is 0 Å². The summed E-state index contributed by atoms with van der Waals surface area (Å²) in [6.45, 7) is 4.05. The molecule has 0 saturated heterocycles. The first-order valence-electron chi connectivity index (χ1n) is 5.65. The van der Waals surface area contributed by atoms with E-state index in [1.807, 2.05) is 13.2 Å². The first-order chi connectivity index (χ1) is 8.04. The number of nitrogens with one attached hydrogen (secondary N) is 1. The topological polar surface area (TPSA) is 55.1 Å². The number of rotatable bonds is 6. The van der Waals surface area contributed by atoms with Crippen LogP contribution >= 0.6 is 23.1 Å². The van der Waals surface area contributed by atoms with E-state index in [1.54, 1.807) is 23.1 Å². The van der Waals surface area contributed by atoms with Crippen molar-refractivity contribution in [3.05, 3.63) is 21.9 Å². The summed E-state index contributed by atoms with van der Waals surface area (Å²) in [6.07, 6.45) is 2.74. The zero-order valence-corrected chi connectivity index (χ0v) is 12.2. The predicted octanol–water partition coefficient (Wildman–Crippen LogP) is 2.31. The van der Waals surface area contributed by atoms with Gasteiger partial charge in [-0.3, -0.25) is 4.79 Å². The van der Waals surface area contributed by atoms with Gasteiger partial charge in [-0.2, -0.15) is 11.8 Å². The van der Waals surface area contributed by atoms with Crippen LogP contribution in [0.2, 0.25) is 0 Å². The van der Waals surface area contributed by atoms with Gasteiger partial charge in [0.1, 0.15) is 0 Å². The van der Waals surface area contributed by atoms with E-state index in [4.69, 9.17) is 5.73 Å². The minimum Gasteiger partial charge on any atom is -0.347 e. The van der Waals surface area contributed by atoms with E-state index in [0.717, 1.165) is 12.2 Å². The molecule has 0 bridgehead atoms. The third-order valence-electron chi connectivity index (χ3n) is 2.52. The maximum Gasteiger partial charge on any atom is 0.237 e. The molecule has 0 spiro atoms. The van der Waals surface area contributed by atoms with Gasteiger partial charge in [-0.15, -0.1) is 11.3 Å². The molecule has 0 aliphatic rings. The summed E-state index contributed by atoms with van der Waals surface area (Å²) < 4.78 is 0. The molecular formula is C12H20N2OS2. The molecule has 96 valence electrons. The first-order valence-corrected chi connectivity index (χ1v) is 7.87. The molecule has 1 unspecified atom stereocenters. The van der Waals surface area contributed by atoms with Crippen LogP contribution in [0.3, 0.4) is 0 Å². The van der Waals surface area contributed by atoms with Crippen molar-refractivity contribution < 1.29 is 4.79 Å². The average molecular weight is 272 g/mol. The second-order valence-corrected chi connectivity index (χ2v) is 6.37. The number of aryl methyl sites for hydroxylation is 1. The van der Waals surface area contributed by atoms with E-state index in [9.17, 15) is 4.79 Å². The molecule has 17 heavy (non-hydrogen) atoms. The minimum absolute atomic E-state index is 0.0431. The Labute approximate surface area is 111 Å². The second-order valence-electron chi connectivity index (χ2n) is 4.07. The summed E-state index contributed by atoms with van der Waals surface area (Å²) >= 11 is 3.42. The number of amides is 1. The van der Waals surface area contributed by atoms with Crippen molar-refractivity contribution in [1.82, 2.24) is 5.32 Å². The fourth-order valence-electron chi connectivity index (χ4n) is 1.45. The van der Waals surface area contributed by atoms with E-state index in [0.29, 0.717) is 0 Å². The molecule has 1 aromatic heterocycles. The Balaban J connectivity index is 2.45. The summed E-state index contributed by atoms with van der Waals surface area (Å²) in [7, 11) is 0. The van der Waals surface area contributed by atoms with E-state index in [-0.39, 0.29) is 11.9 Å². The Hall–Kier alpha value is -0.520. The van der Waals surface area contributed by atoms with Gasteiger partial charge in [0.05, 0.1) is 12.1 Å². The third-order valence-corrected chi connectivity index (χ3v) is 4.34. The number of nitrogens with two attached hydrogens (primary N) is 1. The fourth-order valence-corrected chi connectivity index (χ4v) is 2.82. The lowest BCUT2D eigenvalue weighted by Crippen LogP contribution is -2.41. The lowest BCUT2D eigenvalue weighted by molar-refractivity contribution is -0.123. The molecular weight excluding hydrogens is 252 g/mol. The van der Waals surface area contributed by atoms with Crippen LogP contribution in [0.4, 0.5) is 0 Å². The van der Waals surface area contributed by atoms with E-state index < -0.39 is 6.04 Å². The molecule has 0 aliphatic heterocycles. The fraction of sp³-hybridized carbons (Fsp3) is 0.583. The van der Waals surface area contributed by atoms with Crippen molar-refractivity contribution in [2.24, 2.45) is 5.73 Å². The van der Waals surface area contributed by atoms with Gasteiger partial charge >= 0.3 is 0 Å². The number of thioether (sulfide) groups is 1. The zero-order chi connectivity index (χ0) is 12.8. The van der Waals surface area contributed by atoms with Gasteiger partial charge < -0.3 is 11.1 Å². The van der Waals surface area contributed by atoms with Gasteiger partial charge in [-0.1, -0.05) is 0 Å². The first kappa shape index (κ1) is 14.5. The normalized spacial score (nSPS) is 14.4. The molecule has 2 atom stereocenters. The molecule has 1 rings (SSSR count). The highest BCUT2D eigenvalue weighted by molar-refractivity contribution is 7.98. The molecule has 0 aromatic carbocycles. The maximum absolute atomic E-state index is 11.8. The van der Waals surface area contributed by atoms with Crippen LogP contribution in [-0.4, -0.2) is 24.0 Å². The van der Waals surface area contributed by atoms with Crippen LogP contribution < -0.4 is 11.1 Å². The third kappa shape index (κ3) is 4.69. The van der Waals surface area contributed by atoms with Gasteiger partial charge in [0.25, 0.3) is 0 Å². The van der Waals surface area contributed by atoms with E-state index in [2.05, 4.69) is 24.4 Å². The Kier molecular flexibility index (Phi) is 6.02. The van der Waals surface area contributed by atoms with Gasteiger partial charge in [-0.05, 0) is 44.4 Å². The van der Waals surface area contributed by atoms with Crippen LogP contribution in [-0.2, 0) is 4.79 Å². The smallest absolute Gasteiger partial charge is 0.237 e. The van der Waals surface area contributed by atoms with E-state index in [1.165, 1.54) is 9.75 Å². The van der Waals surface area contributed by atoms with Gasteiger partial charge in [0.2, 0.25) is 5.91 Å². The quantitative estimate of drug-likeness (QED) is 0.835. The molecule has 0 radical (unpaired) electrons. The van der Waals surface area contributed by atoms with E-state index >= 15 is 0 Å². The van der Waals surface area contributed by atoms with Crippen molar-refractivity contribution in [2.45, 2.75) is 32.4 Å². The number of thiophene rings is 1. The van der Waals surface area contributed by atoms with Crippen molar-refractivity contribution >= 4 is 29.0 Å². The lowest BCUT2D eigenvalue weighted by atomic mass is 10.2. The number of carbonyl (C=O) groups excluding carboxylic acids is 1. The van der Waals surface area contributed by atoms with Gasteiger partial charge in [-0.25, -0.2) is 0 Å². The summed E-state index contributed by atoms with van der Waals surface area (Å²) in [5, 5.41) is 2.96. The van der Waals surface area contributed by atoms with Crippen molar-refractivity contribution in [1.29, 1.82) is 0 Å². The highest BCUT2D eigenvalue weighted by Gasteiger charge is 2.16. The summed E-state index contributed by atoms with van der Waals surface area (Å²) in [6, 6.07) is 3.77. The Morgan fingerprint density at radius 3 is 2.82 bits per heavy atom. The molecule has 3 nitrogen and oxygen atoms in total. The molecule has 0 aliphatic carbocycles. The number of hydrogen-bond donors (Lipinski definition) is 2. The van der Waals surface area contributed by atoms with Gasteiger partial charge in [0, 0.05) is 9.75 Å². The molecule has 0 fully saturated rings. The Morgan fingerprint density at radius 1 is 1.59 bits per heavy atom. The minimum atomic E-state index is -0.397. The monoisotopic (exact) mass is 272 g/mol. The standard InChI is InChI=1S/C12H20N2OS2/c1-8-4-5-11(17-8)9(2)14-12(15)10(13)6-7-16-3/h4-5,9-10H,6-7,13H2,1-3H3,(H,14,15)/t9?,10-/m0/s1. The van der Waals surface area contributed by atoms with Crippen molar-refractivity contribution in [3.8, 4) is 0 Å². The van der Waals surface area contributed by atoms with Crippen LogP contribution in [0.5, 0.6) is 0 Å². The van der Waals surface area contributed by atoms with Crippen LogP contribution in [0, 0.1) is 6.92 Å². The molecule has 1 aromatic rings. The molecule has 0 saturated carbocycles. The molecule has 1 heterocycles. The second kappa shape index (κ2) is 7.03. The lowest BCUT2D eigenvalue weighted by Gasteiger charge is -2.16. The highest BCUT2D eigenvalue weighted by Crippen LogP contribution is 2.22. The van der Waals surface area contributed by atoms with Crippen LogP contribution in [0.1, 0.15) is 29.1 Å². The number of hydrogen-bond acceptors (Lipinski definition) is 4.